The zero-order valence-corrected chi connectivity index (χ0v) is 18.1. The van der Waals surface area contributed by atoms with Gasteiger partial charge in [0.25, 0.3) is 0 Å². The van der Waals surface area contributed by atoms with E-state index in [0.29, 0.717) is 19.7 Å². The minimum Gasteiger partial charge on any atom is -0.489 e. The first kappa shape index (κ1) is 21.7. The van der Waals surface area contributed by atoms with Crippen molar-refractivity contribution in [3.63, 3.8) is 0 Å². The molecule has 1 heterocycles. The van der Waals surface area contributed by atoms with E-state index in [-0.39, 0.29) is 17.9 Å². The standard InChI is InChI=1S/C24H32N4O2/c1-18(2)23(29)28-14-13-21(16-28)27-24(25-3)26-15-20-11-7-8-12-22(20)30-17-19-9-5-4-6-10-19/h4-12,18,21H,13-17H2,1-3H3,(H2,25,26,27). The van der Waals surface area contributed by atoms with Crippen LogP contribution in [0, 0.1) is 5.92 Å². The van der Waals surface area contributed by atoms with Crippen LogP contribution < -0.4 is 15.4 Å². The third-order valence-electron chi connectivity index (χ3n) is 5.21. The van der Waals surface area contributed by atoms with E-state index in [2.05, 4.69) is 33.8 Å². The van der Waals surface area contributed by atoms with Crippen LogP contribution in [0.5, 0.6) is 5.75 Å². The van der Waals surface area contributed by atoms with Crippen LogP contribution in [0.4, 0.5) is 0 Å². The SMILES string of the molecule is CN=C(NCc1ccccc1OCc1ccccc1)NC1CCN(C(=O)C(C)C)C1. The van der Waals surface area contributed by atoms with Crippen LogP contribution in [0.3, 0.4) is 0 Å². The highest BCUT2D eigenvalue weighted by atomic mass is 16.5. The largest absolute Gasteiger partial charge is 0.489 e. The number of hydrogen-bond acceptors (Lipinski definition) is 3. The molecule has 1 atom stereocenters. The fraction of sp³-hybridized carbons (Fsp3) is 0.417. The van der Waals surface area contributed by atoms with Crippen molar-refractivity contribution in [3.05, 3.63) is 65.7 Å². The number of ether oxygens (including phenoxy) is 1. The number of carbonyl (C=O) groups is 1. The summed E-state index contributed by atoms with van der Waals surface area (Å²) in [6, 6.07) is 18.4. The fourth-order valence-electron chi connectivity index (χ4n) is 3.54. The third-order valence-corrected chi connectivity index (χ3v) is 5.21. The molecule has 6 nitrogen and oxygen atoms in total. The van der Waals surface area contributed by atoms with E-state index >= 15 is 0 Å². The van der Waals surface area contributed by atoms with Crippen molar-refractivity contribution in [3.8, 4) is 5.75 Å². The number of para-hydroxylation sites is 1. The maximum Gasteiger partial charge on any atom is 0.225 e. The summed E-state index contributed by atoms with van der Waals surface area (Å²) >= 11 is 0. The van der Waals surface area contributed by atoms with Gasteiger partial charge in [0.2, 0.25) is 5.91 Å². The van der Waals surface area contributed by atoms with Gasteiger partial charge in [0.15, 0.2) is 5.96 Å². The van der Waals surface area contributed by atoms with Crippen LogP contribution in [0.2, 0.25) is 0 Å². The Morgan fingerprint density at radius 1 is 1.17 bits per heavy atom. The molecule has 1 amide bonds. The van der Waals surface area contributed by atoms with Crippen molar-refractivity contribution in [1.29, 1.82) is 0 Å². The lowest BCUT2D eigenvalue weighted by Gasteiger charge is -2.20. The first-order valence-corrected chi connectivity index (χ1v) is 10.6. The number of nitrogens with zero attached hydrogens (tertiary/aromatic N) is 2. The van der Waals surface area contributed by atoms with Gasteiger partial charge in [0, 0.05) is 44.2 Å². The van der Waals surface area contributed by atoms with Gasteiger partial charge in [-0.15, -0.1) is 0 Å². The van der Waals surface area contributed by atoms with Crippen molar-refractivity contribution >= 4 is 11.9 Å². The molecule has 3 rings (SSSR count). The van der Waals surface area contributed by atoms with Gasteiger partial charge in [-0.05, 0) is 18.1 Å². The molecule has 0 bridgehead atoms. The highest BCUT2D eigenvalue weighted by Gasteiger charge is 2.27. The Bertz CT molecular complexity index is 851. The highest BCUT2D eigenvalue weighted by Crippen LogP contribution is 2.19. The fourth-order valence-corrected chi connectivity index (χ4v) is 3.54. The van der Waals surface area contributed by atoms with Crippen molar-refractivity contribution in [2.24, 2.45) is 10.9 Å². The zero-order chi connectivity index (χ0) is 21.3. The van der Waals surface area contributed by atoms with Gasteiger partial charge in [-0.2, -0.15) is 0 Å². The smallest absolute Gasteiger partial charge is 0.225 e. The summed E-state index contributed by atoms with van der Waals surface area (Å²) in [6.07, 6.45) is 0.927. The summed E-state index contributed by atoms with van der Waals surface area (Å²) in [4.78, 5) is 18.5. The van der Waals surface area contributed by atoms with Gasteiger partial charge in [-0.3, -0.25) is 9.79 Å². The number of carbonyl (C=O) groups excluding carboxylic acids is 1. The number of benzene rings is 2. The Hall–Kier alpha value is -3.02. The number of rotatable bonds is 7. The topological polar surface area (TPSA) is 66.0 Å². The highest BCUT2D eigenvalue weighted by molar-refractivity contribution is 5.81. The normalized spacial score (nSPS) is 16.6. The molecule has 0 radical (unpaired) electrons. The van der Waals surface area contributed by atoms with E-state index in [4.69, 9.17) is 4.74 Å². The molecule has 2 N–H and O–H groups in total. The van der Waals surface area contributed by atoms with Crippen LogP contribution in [0.25, 0.3) is 0 Å². The maximum atomic E-state index is 12.2. The van der Waals surface area contributed by atoms with Crippen LogP contribution in [-0.4, -0.2) is 42.9 Å². The van der Waals surface area contributed by atoms with E-state index in [1.807, 2.05) is 55.1 Å². The number of nitrogens with one attached hydrogen (secondary N) is 2. The monoisotopic (exact) mass is 408 g/mol. The van der Waals surface area contributed by atoms with Crippen LogP contribution >= 0.6 is 0 Å². The second kappa shape index (κ2) is 10.7. The Labute approximate surface area is 179 Å². The maximum absolute atomic E-state index is 12.2. The summed E-state index contributed by atoms with van der Waals surface area (Å²) in [6.45, 7) is 6.54. The molecule has 1 aliphatic heterocycles. The first-order valence-electron chi connectivity index (χ1n) is 10.6. The molecule has 1 unspecified atom stereocenters. The molecule has 6 heteroatoms. The van der Waals surface area contributed by atoms with Gasteiger partial charge >= 0.3 is 0 Å². The predicted molar refractivity (Wildman–Crippen MR) is 120 cm³/mol. The van der Waals surface area contributed by atoms with Crippen LogP contribution in [-0.2, 0) is 17.9 Å². The lowest BCUT2D eigenvalue weighted by atomic mass is 10.2. The van der Waals surface area contributed by atoms with Crippen molar-refractivity contribution < 1.29 is 9.53 Å². The van der Waals surface area contributed by atoms with Gasteiger partial charge in [-0.25, -0.2) is 0 Å². The van der Waals surface area contributed by atoms with E-state index in [9.17, 15) is 4.79 Å². The minimum atomic E-state index is 0.0357. The van der Waals surface area contributed by atoms with E-state index in [0.717, 1.165) is 35.8 Å². The Morgan fingerprint density at radius 2 is 1.90 bits per heavy atom. The number of amides is 1. The van der Waals surface area contributed by atoms with Crippen molar-refractivity contribution in [2.75, 3.05) is 20.1 Å². The van der Waals surface area contributed by atoms with Crippen LogP contribution in [0.1, 0.15) is 31.4 Å². The molecule has 0 saturated carbocycles. The van der Waals surface area contributed by atoms with E-state index < -0.39 is 0 Å². The van der Waals surface area contributed by atoms with Gasteiger partial charge in [-0.1, -0.05) is 62.4 Å². The molecule has 1 saturated heterocycles. The molecule has 0 spiro atoms. The minimum absolute atomic E-state index is 0.0357. The van der Waals surface area contributed by atoms with Gasteiger partial charge in [0.05, 0.1) is 0 Å². The lowest BCUT2D eigenvalue weighted by molar-refractivity contribution is -0.133. The molecule has 1 fully saturated rings. The number of aliphatic imine (C=N–C) groups is 1. The predicted octanol–water partition coefficient (Wildman–Crippen LogP) is 3.19. The van der Waals surface area contributed by atoms with Gasteiger partial charge in [0.1, 0.15) is 12.4 Å². The third kappa shape index (κ3) is 5.99. The summed E-state index contributed by atoms with van der Waals surface area (Å²) < 4.78 is 6.04. The van der Waals surface area contributed by atoms with E-state index in [1.54, 1.807) is 7.05 Å². The number of guanidine groups is 1. The molecular weight excluding hydrogens is 376 g/mol. The average molecular weight is 409 g/mol. The molecule has 30 heavy (non-hydrogen) atoms. The summed E-state index contributed by atoms with van der Waals surface area (Å²) in [7, 11) is 1.76. The summed E-state index contributed by atoms with van der Waals surface area (Å²) in [5.74, 6) is 1.84. The zero-order valence-electron chi connectivity index (χ0n) is 18.1. The first-order chi connectivity index (χ1) is 14.6. The molecule has 0 aliphatic carbocycles. The number of likely N-dealkylation sites (tertiary alicyclic amines) is 1. The Morgan fingerprint density at radius 3 is 2.63 bits per heavy atom. The molecule has 2 aromatic rings. The number of hydrogen-bond donors (Lipinski definition) is 2. The average Bonchev–Trinajstić information content (AvgIpc) is 3.24. The van der Waals surface area contributed by atoms with Gasteiger partial charge < -0.3 is 20.3 Å². The Balaban J connectivity index is 1.52. The lowest BCUT2D eigenvalue weighted by Crippen LogP contribution is -2.45. The van der Waals surface area contributed by atoms with Crippen LogP contribution in [0.15, 0.2) is 59.6 Å². The Kier molecular flexibility index (Phi) is 7.71. The summed E-state index contributed by atoms with van der Waals surface area (Å²) in [5, 5.41) is 6.81. The molecular formula is C24H32N4O2. The van der Waals surface area contributed by atoms with Crippen molar-refractivity contribution in [2.45, 2.75) is 39.5 Å². The van der Waals surface area contributed by atoms with E-state index in [1.165, 1.54) is 0 Å². The molecule has 1 aliphatic rings. The quantitative estimate of drug-likeness (QED) is 0.546. The summed E-state index contributed by atoms with van der Waals surface area (Å²) in [5.41, 5.74) is 2.21. The molecule has 2 aromatic carbocycles. The molecule has 0 aromatic heterocycles. The van der Waals surface area contributed by atoms with Crippen molar-refractivity contribution in [1.82, 2.24) is 15.5 Å². The second-order valence-corrected chi connectivity index (χ2v) is 7.88. The molecule has 160 valence electrons. The second-order valence-electron chi connectivity index (χ2n) is 7.88.